The number of rotatable bonds is 7. The number of phenols is 2. The van der Waals surface area contributed by atoms with Gasteiger partial charge in [-0.05, 0) is 30.5 Å². The normalized spacial score (nSPS) is 12.2. The van der Waals surface area contributed by atoms with Gasteiger partial charge in [-0.15, -0.1) is 0 Å². The van der Waals surface area contributed by atoms with E-state index in [9.17, 15) is 15.0 Å². The Hall–Kier alpha value is -1.79. The first-order chi connectivity index (χ1) is 9.45. The minimum Gasteiger partial charge on any atom is -0.504 e. The molecule has 6 nitrogen and oxygen atoms in total. The van der Waals surface area contributed by atoms with E-state index >= 15 is 0 Å². The lowest BCUT2D eigenvalue weighted by Crippen LogP contribution is -2.43. The smallest absolute Gasteiger partial charge is 0.239 e. The summed E-state index contributed by atoms with van der Waals surface area (Å²) in [4.78, 5) is 13.6. The summed E-state index contributed by atoms with van der Waals surface area (Å²) in [7, 11) is 3.32. The van der Waals surface area contributed by atoms with Crippen molar-refractivity contribution in [1.82, 2.24) is 4.90 Å². The van der Waals surface area contributed by atoms with Crippen molar-refractivity contribution >= 4 is 5.91 Å². The molecule has 0 unspecified atom stereocenters. The molecule has 4 N–H and O–H groups in total. The van der Waals surface area contributed by atoms with Crippen molar-refractivity contribution in [3.8, 4) is 11.5 Å². The van der Waals surface area contributed by atoms with Crippen molar-refractivity contribution < 1.29 is 19.7 Å². The zero-order valence-corrected chi connectivity index (χ0v) is 11.9. The summed E-state index contributed by atoms with van der Waals surface area (Å²) in [5.74, 6) is -0.561. The number of nitrogens with two attached hydrogens (primary N) is 1. The van der Waals surface area contributed by atoms with E-state index < -0.39 is 6.04 Å². The van der Waals surface area contributed by atoms with Gasteiger partial charge in [0.15, 0.2) is 11.5 Å². The minimum atomic E-state index is -0.675. The van der Waals surface area contributed by atoms with Crippen LogP contribution in [-0.2, 0) is 16.0 Å². The Morgan fingerprint density at radius 2 is 2.10 bits per heavy atom. The molecule has 0 fully saturated rings. The molecular formula is C14H22N2O4. The Morgan fingerprint density at radius 1 is 1.40 bits per heavy atom. The van der Waals surface area contributed by atoms with Gasteiger partial charge in [0.2, 0.25) is 5.91 Å². The zero-order chi connectivity index (χ0) is 15.1. The van der Waals surface area contributed by atoms with Gasteiger partial charge in [0.05, 0.1) is 6.04 Å². The lowest BCUT2D eigenvalue weighted by Gasteiger charge is -2.21. The second-order valence-electron chi connectivity index (χ2n) is 4.74. The molecule has 0 aliphatic heterocycles. The van der Waals surface area contributed by atoms with E-state index in [1.165, 1.54) is 12.1 Å². The van der Waals surface area contributed by atoms with Crippen molar-refractivity contribution in [1.29, 1.82) is 0 Å². The van der Waals surface area contributed by atoms with Crippen LogP contribution in [0.3, 0.4) is 0 Å². The average molecular weight is 282 g/mol. The minimum absolute atomic E-state index is 0.159. The van der Waals surface area contributed by atoms with Crippen LogP contribution in [0.1, 0.15) is 12.0 Å². The van der Waals surface area contributed by atoms with Crippen LogP contribution in [0, 0.1) is 0 Å². The molecule has 1 rings (SSSR count). The average Bonchev–Trinajstić information content (AvgIpc) is 2.42. The standard InChI is InChI=1S/C14H22N2O4/c1-16(6-3-7-20-2)14(19)11(15)8-10-4-5-12(17)13(18)9-10/h4-5,9,11,17-18H,3,6-8,15H2,1-2H3/t11-/m0/s1. The first-order valence-corrected chi connectivity index (χ1v) is 6.46. The van der Waals surface area contributed by atoms with Crippen LogP contribution in [0.15, 0.2) is 18.2 Å². The molecule has 0 heterocycles. The fourth-order valence-electron chi connectivity index (χ4n) is 1.88. The van der Waals surface area contributed by atoms with Crippen molar-refractivity contribution in [2.45, 2.75) is 18.9 Å². The molecule has 0 radical (unpaired) electrons. The van der Waals surface area contributed by atoms with E-state index in [0.717, 1.165) is 6.42 Å². The van der Waals surface area contributed by atoms with E-state index in [4.69, 9.17) is 10.5 Å². The quantitative estimate of drug-likeness (QED) is 0.499. The Morgan fingerprint density at radius 3 is 2.70 bits per heavy atom. The van der Waals surface area contributed by atoms with Crippen molar-refractivity contribution in [3.63, 3.8) is 0 Å². The lowest BCUT2D eigenvalue weighted by atomic mass is 10.0. The topological polar surface area (TPSA) is 96.0 Å². The summed E-state index contributed by atoms with van der Waals surface area (Å²) in [5, 5.41) is 18.6. The van der Waals surface area contributed by atoms with Crippen LogP contribution in [-0.4, -0.2) is 54.4 Å². The highest BCUT2D eigenvalue weighted by Crippen LogP contribution is 2.25. The van der Waals surface area contributed by atoms with Gasteiger partial charge in [-0.25, -0.2) is 0 Å². The maximum absolute atomic E-state index is 12.0. The number of hydrogen-bond donors (Lipinski definition) is 3. The largest absolute Gasteiger partial charge is 0.504 e. The van der Waals surface area contributed by atoms with E-state index in [2.05, 4.69) is 0 Å². The molecule has 6 heteroatoms. The highest BCUT2D eigenvalue weighted by atomic mass is 16.5. The summed E-state index contributed by atoms with van der Waals surface area (Å²) in [5.41, 5.74) is 6.58. The van der Waals surface area contributed by atoms with Gasteiger partial charge in [0, 0.05) is 27.3 Å². The summed E-state index contributed by atoms with van der Waals surface area (Å²) < 4.78 is 4.93. The third-order valence-corrected chi connectivity index (χ3v) is 3.03. The number of benzene rings is 1. The van der Waals surface area contributed by atoms with Gasteiger partial charge < -0.3 is 25.6 Å². The monoisotopic (exact) mass is 282 g/mol. The molecule has 0 spiro atoms. The number of ether oxygens (including phenoxy) is 1. The molecular weight excluding hydrogens is 260 g/mol. The van der Waals surface area contributed by atoms with Crippen molar-refractivity contribution in [2.24, 2.45) is 5.73 Å². The molecule has 1 aromatic rings. The van der Waals surface area contributed by atoms with Crippen LogP contribution >= 0.6 is 0 Å². The highest BCUT2D eigenvalue weighted by Gasteiger charge is 2.18. The first kappa shape index (κ1) is 16.3. The van der Waals surface area contributed by atoms with Gasteiger partial charge in [-0.2, -0.15) is 0 Å². The second kappa shape index (κ2) is 7.72. The number of carbonyl (C=O) groups excluding carboxylic acids is 1. The molecule has 0 bridgehead atoms. The molecule has 0 saturated carbocycles. The van der Waals surface area contributed by atoms with Crippen LogP contribution < -0.4 is 5.73 Å². The number of carbonyl (C=O) groups is 1. The number of nitrogens with zero attached hydrogens (tertiary/aromatic N) is 1. The van der Waals surface area contributed by atoms with Crippen LogP contribution in [0.25, 0.3) is 0 Å². The SMILES string of the molecule is COCCCN(C)C(=O)[C@@H](N)Cc1ccc(O)c(O)c1. The maximum Gasteiger partial charge on any atom is 0.239 e. The first-order valence-electron chi connectivity index (χ1n) is 6.46. The number of aromatic hydroxyl groups is 2. The summed E-state index contributed by atoms with van der Waals surface area (Å²) >= 11 is 0. The van der Waals surface area contributed by atoms with Crippen molar-refractivity contribution in [3.05, 3.63) is 23.8 Å². The fraction of sp³-hybridized carbons (Fsp3) is 0.500. The van der Waals surface area contributed by atoms with Gasteiger partial charge in [0.25, 0.3) is 0 Å². The summed E-state index contributed by atoms with van der Waals surface area (Å²) in [6, 6.07) is 3.75. The zero-order valence-electron chi connectivity index (χ0n) is 11.9. The molecule has 112 valence electrons. The molecule has 0 aliphatic carbocycles. The van der Waals surface area contributed by atoms with E-state index in [0.29, 0.717) is 25.1 Å². The molecule has 0 saturated heterocycles. The lowest BCUT2D eigenvalue weighted by molar-refractivity contribution is -0.131. The van der Waals surface area contributed by atoms with Crippen LogP contribution in [0.5, 0.6) is 11.5 Å². The maximum atomic E-state index is 12.0. The number of phenolic OH excluding ortho intramolecular Hbond substituents is 2. The second-order valence-corrected chi connectivity index (χ2v) is 4.74. The molecule has 1 amide bonds. The van der Waals surface area contributed by atoms with Crippen molar-refractivity contribution in [2.75, 3.05) is 27.3 Å². The Bertz CT molecular complexity index is 451. The van der Waals surface area contributed by atoms with Crippen LogP contribution in [0.2, 0.25) is 0 Å². The van der Waals surface area contributed by atoms with Crippen LogP contribution in [0.4, 0.5) is 0 Å². The number of hydrogen-bond acceptors (Lipinski definition) is 5. The Balaban J connectivity index is 2.54. The van der Waals surface area contributed by atoms with E-state index in [1.54, 1.807) is 25.1 Å². The van der Waals surface area contributed by atoms with E-state index in [-0.39, 0.29) is 17.4 Å². The Labute approximate surface area is 118 Å². The van der Waals surface area contributed by atoms with Gasteiger partial charge in [0.1, 0.15) is 0 Å². The molecule has 0 aliphatic rings. The fourth-order valence-corrected chi connectivity index (χ4v) is 1.88. The molecule has 0 aromatic heterocycles. The third-order valence-electron chi connectivity index (χ3n) is 3.03. The third kappa shape index (κ3) is 4.71. The van der Waals surface area contributed by atoms with Gasteiger partial charge in [-0.1, -0.05) is 6.07 Å². The summed E-state index contributed by atoms with van der Waals surface area (Å²) in [6.45, 7) is 1.18. The Kier molecular flexibility index (Phi) is 6.27. The molecule has 1 aromatic carbocycles. The predicted octanol–water partition coefficient (Wildman–Crippen LogP) is 0.463. The molecule has 1 atom stereocenters. The number of amides is 1. The number of methoxy groups -OCH3 is 1. The number of likely N-dealkylation sites (N-methyl/N-ethyl adjacent to an activating group) is 1. The molecule has 20 heavy (non-hydrogen) atoms. The predicted molar refractivity (Wildman–Crippen MR) is 75.6 cm³/mol. The highest BCUT2D eigenvalue weighted by molar-refractivity contribution is 5.81. The summed E-state index contributed by atoms with van der Waals surface area (Å²) in [6.07, 6.45) is 1.06. The van der Waals surface area contributed by atoms with Gasteiger partial charge >= 0.3 is 0 Å². The van der Waals surface area contributed by atoms with Gasteiger partial charge in [-0.3, -0.25) is 4.79 Å². The van der Waals surface area contributed by atoms with E-state index in [1.807, 2.05) is 0 Å².